The molecule has 0 unspecified atom stereocenters. The van der Waals surface area contributed by atoms with E-state index >= 15 is 0 Å². The van der Waals surface area contributed by atoms with Crippen molar-refractivity contribution in [2.24, 2.45) is 0 Å². The van der Waals surface area contributed by atoms with Crippen molar-refractivity contribution in [3.05, 3.63) is 42.0 Å². The fourth-order valence-corrected chi connectivity index (χ4v) is 3.85. The third-order valence-electron chi connectivity index (χ3n) is 5.12. The van der Waals surface area contributed by atoms with Crippen LogP contribution in [0.3, 0.4) is 0 Å². The van der Waals surface area contributed by atoms with Gasteiger partial charge in [0.1, 0.15) is 11.3 Å². The number of aromatic nitrogens is 4. The van der Waals surface area contributed by atoms with E-state index in [4.69, 9.17) is 5.73 Å². The van der Waals surface area contributed by atoms with Crippen molar-refractivity contribution in [2.75, 3.05) is 48.7 Å². The monoisotopic (exact) mass is 446 g/mol. The molecule has 1 aliphatic rings. The van der Waals surface area contributed by atoms with Gasteiger partial charge < -0.3 is 21.1 Å². The standard InChI is InChI=1S/C20H24F2N8O2/c1-20(2,32)11-28-3-5-29(6-4-28)16-13(22)8-24-9-14(16)26-19(31)15-17(23)27-30-10-12(21)7-25-18(15)30/h7-10,32H,3-6,11H2,1-2H3,(H2,23,27)(H,26,31). The maximum Gasteiger partial charge on any atom is 0.263 e. The highest BCUT2D eigenvalue weighted by Gasteiger charge is 2.27. The molecule has 0 atom stereocenters. The number of nitrogens with zero attached hydrogens (tertiary/aromatic N) is 6. The van der Waals surface area contributed by atoms with Crippen LogP contribution in [0.5, 0.6) is 0 Å². The molecular formula is C20H24F2N8O2. The second-order valence-electron chi connectivity index (χ2n) is 8.35. The van der Waals surface area contributed by atoms with Gasteiger partial charge in [-0.1, -0.05) is 0 Å². The summed E-state index contributed by atoms with van der Waals surface area (Å²) in [5, 5.41) is 16.6. The first-order chi connectivity index (χ1) is 15.1. The summed E-state index contributed by atoms with van der Waals surface area (Å²) in [5.74, 6) is -2.00. The molecule has 0 saturated carbocycles. The molecule has 0 radical (unpaired) electrons. The minimum Gasteiger partial charge on any atom is -0.389 e. The van der Waals surface area contributed by atoms with Crippen molar-refractivity contribution >= 4 is 28.7 Å². The molecule has 4 N–H and O–H groups in total. The molecule has 1 amide bonds. The molecule has 1 saturated heterocycles. The number of anilines is 3. The topological polar surface area (TPSA) is 125 Å². The summed E-state index contributed by atoms with van der Waals surface area (Å²) in [6, 6.07) is 0. The lowest BCUT2D eigenvalue weighted by Crippen LogP contribution is -2.50. The highest BCUT2D eigenvalue weighted by Crippen LogP contribution is 2.30. The quantitative estimate of drug-likeness (QED) is 0.533. The van der Waals surface area contributed by atoms with Gasteiger partial charge in [0, 0.05) is 32.7 Å². The summed E-state index contributed by atoms with van der Waals surface area (Å²) < 4.78 is 29.3. The average molecular weight is 446 g/mol. The first-order valence-corrected chi connectivity index (χ1v) is 10.1. The second-order valence-corrected chi connectivity index (χ2v) is 8.35. The largest absolute Gasteiger partial charge is 0.389 e. The van der Waals surface area contributed by atoms with E-state index in [1.165, 1.54) is 6.20 Å². The van der Waals surface area contributed by atoms with Gasteiger partial charge in [-0.05, 0) is 13.8 Å². The van der Waals surface area contributed by atoms with Gasteiger partial charge in [0.25, 0.3) is 5.91 Å². The molecule has 1 fully saturated rings. The molecule has 10 nitrogen and oxygen atoms in total. The Hall–Kier alpha value is -3.38. The van der Waals surface area contributed by atoms with Crippen molar-refractivity contribution in [2.45, 2.75) is 19.4 Å². The Labute approximate surface area is 182 Å². The number of halogens is 2. The lowest BCUT2D eigenvalue weighted by molar-refractivity contribution is 0.0344. The molecule has 4 rings (SSSR count). The third kappa shape index (κ3) is 4.46. The zero-order chi connectivity index (χ0) is 23.0. The zero-order valence-electron chi connectivity index (χ0n) is 17.7. The Kier molecular flexibility index (Phi) is 5.65. The van der Waals surface area contributed by atoms with Gasteiger partial charge in [-0.15, -0.1) is 5.10 Å². The van der Waals surface area contributed by atoms with Gasteiger partial charge in [0.2, 0.25) is 0 Å². The molecule has 3 aromatic rings. The van der Waals surface area contributed by atoms with E-state index in [1.54, 1.807) is 13.8 Å². The smallest absolute Gasteiger partial charge is 0.263 e. The SMILES string of the molecule is CC(C)(O)CN1CCN(c2c(F)cncc2NC(=O)c2c(N)nn3cc(F)cnc23)CC1. The molecule has 0 bridgehead atoms. The Balaban J connectivity index is 1.57. The predicted molar refractivity (Wildman–Crippen MR) is 114 cm³/mol. The molecular weight excluding hydrogens is 422 g/mol. The number of amides is 1. The van der Waals surface area contributed by atoms with E-state index in [2.05, 4.69) is 25.3 Å². The minimum absolute atomic E-state index is 0.0461. The van der Waals surface area contributed by atoms with Crippen LogP contribution in [0, 0.1) is 11.6 Å². The van der Waals surface area contributed by atoms with Crippen molar-refractivity contribution in [1.29, 1.82) is 0 Å². The summed E-state index contributed by atoms with van der Waals surface area (Å²) in [5.41, 5.74) is 5.44. The summed E-state index contributed by atoms with van der Waals surface area (Å²) in [7, 11) is 0. The van der Waals surface area contributed by atoms with Crippen molar-refractivity contribution in [1.82, 2.24) is 24.5 Å². The summed E-state index contributed by atoms with van der Waals surface area (Å²) in [6.07, 6.45) is 4.45. The molecule has 12 heteroatoms. The number of nitrogens with two attached hydrogens (primary N) is 1. The molecule has 0 aromatic carbocycles. The fraction of sp³-hybridized carbons (Fsp3) is 0.400. The zero-order valence-corrected chi connectivity index (χ0v) is 17.7. The Bertz CT molecular complexity index is 1150. The predicted octanol–water partition coefficient (Wildman–Crippen LogP) is 1.13. The number of carbonyl (C=O) groups excluding carboxylic acids is 1. The number of rotatable bonds is 5. The molecule has 170 valence electrons. The van der Waals surface area contributed by atoms with Gasteiger partial charge in [-0.3, -0.25) is 14.7 Å². The molecule has 3 aromatic heterocycles. The highest BCUT2D eigenvalue weighted by atomic mass is 19.1. The Morgan fingerprint density at radius 3 is 2.62 bits per heavy atom. The fourth-order valence-electron chi connectivity index (χ4n) is 3.85. The van der Waals surface area contributed by atoms with Crippen LogP contribution in [-0.2, 0) is 0 Å². The van der Waals surface area contributed by atoms with E-state index in [0.29, 0.717) is 32.7 Å². The number of β-amino-alcohol motifs (C(OH)–C–C–N with tert-alkyl or cyclic N) is 1. The van der Waals surface area contributed by atoms with Gasteiger partial charge in [-0.2, -0.15) is 0 Å². The number of hydrogen-bond donors (Lipinski definition) is 3. The Morgan fingerprint density at radius 2 is 1.94 bits per heavy atom. The van der Waals surface area contributed by atoms with Gasteiger partial charge >= 0.3 is 0 Å². The number of nitrogen functional groups attached to an aromatic ring is 1. The van der Waals surface area contributed by atoms with E-state index < -0.39 is 23.1 Å². The van der Waals surface area contributed by atoms with Crippen LogP contribution in [0.15, 0.2) is 24.8 Å². The van der Waals surface area contributed by atoms with Gasteiger partial charge in [0.05, 0.1) is 36.1 Å². The van der Waals surface area contributed by atoms with E-state index in [0.717, 1.165) is 23.1 Å². The first kappa shape index (κ1) is 21.8. The van der Waals surface area contributed by atoms with Gasteiger partial charge in [0.15, 0.2) is 23.1 Å². The maximum absolute atomic E-state index is 14.8. The van der Waals surface area contributed by atoms with Crippen molar-refractivity contribution in [3.63, 3.8) is 0 Å². The molecule has 0 spiro atoms. The number of aliphatic hydroxyl groups is 1. The minimum atomic E-state index is -0.825. The molecule has 0 aliphatic carbocycles. The number of hydrogen-bond acceptors (Lipinski definition) is 8. The normalized spacial score (nSPS) is 15.3. The van der Waals surface area contributed by atoms with Gasteiger partial charge in [-0.25, -0.2) is 18.3 Å². The number of fused-ring (bicyclic) bond motifs is 1. The lowest BCUT2D eigenvalue weighted by Gasteiger charge is -2.38. The number of pyridine rings is 1. The summed E-state index contributed by atoms with van der Waals surface area (Å²) >= 11 is 0. The number of piperazine rings is 1. The van der Waals surface area contributed by atoms with Crippen LogP contribution < -0.4 is 16.0 Å². The van der Waals surface area contributed by atoms with Crippen molar-refractivity contribution < 1.29 is 18.7 Å². The van der Waals surface area contributed by atoms with Crippen LogP contribution in [0.2, 0.25) is 0 Å². The number of nitrogens with one attached hydrogen (secondary N) is 1. The maximum atomic E-state index is 14.8. The van der Waals surface area contributed by atoms with Crippen LogP contribution in [0.25, 0.3) is 5.65 Å². The van der Waals surface area contributed by atoms with Crippen LogP contribution in [0.1, 0.15) is 24.2 Å². The Morgan fingerprint density at radius 1 is 1.22 bits per heavy atom. The van der Waals surface area contributed by atoms with E-state index in [-0.39, 0.29) is 28.4 Å². The summed E-state index contributed by atoms with van der Waals surface area (Å²) in [4.78, 5) is 24.6. The molecule has 32 heavy (non-hydrogen) atoms. The summed E-state index contributed by atoms with van der Waals surface area (Å²) in [6.45, 7) is 6.23. The van der Waals surface area contributed by atoms with Crippen LogP contribution in [0.4, 0.5) is 26.0 Å². The highest BCUT2D eigenvalue weighted by molar-refractivity contribution is 6.12. The van der Waals surface area contributed by atoms with E-state index in [9.17, 15) is 18.7 Å². The van der Waals surface area contributed by atoms with E-state index in [1.807, 2.05) is 4.90 Å². The van der Waals surface area contributed by atoms with Crippen LogP contribution >= 0.6 is 0 Å². The molecule has 1 aliphatic heterocycles. The second kappa shape index (κ2) is 8.28. The van der Waals surface area contributed by atoms with Crippen LogP contribution in [-0.4, -0.2) is 73.8 Å². The third-order valence-corrected chi connectivity index (χ3v) is 5.12. The lowest BCUT2D eigenvalue weighted by atomic mass is 10.1. The van der Waals surface area contributed by atoms with Crippen molar-refractivity contribution in [3.8, 4) is 0 Å². The molecule has 4 heterocycles. The first-order valence-electron chi connectivity index (χ1n) is 10.1. The number of carbonyl (C=O) groups is 1. The average Bonchev–Trinajstić information content (AvgIpc) is 3.02.